The van der Waals surface area contributed by atoms with Crippen molar-refractivity contribution < 1.29 is 14.4 Å². The molecule has 8 nitrogen and oxygen atoms in total. The lowest BCUT2D eigenvalue weighted by Crippen LogP contribution is -2.42. The van der Waals surface area contributed by atoms with E-state index in [2.05, 4.69) is 15.7 Å². The van der Waals surface area contributed by atoms with E-state index in [0.717, 1.165) is 37.7 Å². The molecule has 8 heteroatoms. The minimum absolute atomic E-state index is 0.0917. The minimum Gasteiger partial charge on any atom is -0.352 e. The molecule has 0 spiro atoms. The standard InChI is InChI=1S/C23H29N5O3/c29-21(25-18-10-5-2-6-11-18)15-24-22(30)19-14-20-23(31)27(12-7-13-28(20)26-19)16-17-8-3-1-4-9-17/h1,3-4,8-9,14,18H,2,5-7,10-13,15-16H2,(H,24,30)(H,25,29). The van der Waals surface area contributed by atoms with Crippen molar-refractivity contribution in [1.29, 1.82) is 0 Å². The van der Waals surface area contributed by atoms with E-state index in [0.29, 0.717) is 25.3 Å². The lowest BCUT2D eigenvalue weighted by atomic mass is 9.95. The molecule has 2 heterocycles. The van der Waals surface area contributed by atoms with Crippen molar-refractivity contribution >= 4 is 17.7 Å². The maximum Gasteiger partial charge on any atom is 0.272 e. The number of aromatic nitrogens is 2. The van der Waals surface area contributed by atoms with Crippen LogP contribution in [0.2, 0.25) is 0 Å². The number of aryl methyl sites for hydroxylation is 1. The smallest absolute Gasteiger partial charge is 0.272 e. The van der Waals surface area contributed by atoms with E-state index < -0.39 is 5.91 Å². The fraction of sp³-hybridized carbons (Fsp3) is 0.478. The van der Waals surface area contributed by atoms with Crippen LogP contribution in [0, 0.1) is 0 Å². The van der Waals surface area contributed by atoms with E-state index in [9.17, 15) is 14.4 Å². The average molecular weight is 424 g/mol. The van der Waals surface area contributed by atoms with Gasteiger partial charge in [0.15, 0.2) is 5.69 Å². The first-order valence-electron chi connectivity index (χ1n) is 11.1. The van der Waals surface area contributed by atoms with Gasteiger partial charge < -0.3 is 15.5 Å². The molecule has 1 saturated carbocycles. The number of amides is 3. The maximum atomic E-state index is 13.0. The minimum atomic E-state index is -0.443. The summed E-state index contributed by atoms with van der Waals surface area (Å²) < 4.78 is 1.60. The quantitative estimate of drug-likeness (QED) is 0.744. The first kappa shape index (κ1) is 21.1. The zero-order chi connectivity index (χ0) is 21.6. The Kier molecular flexibility index (Phi) is 6.64. The van der Waals surface area contributed by atoms with Crippen LogP contribution in [-0.2, 0) is 17.9 Å². The van der Waals surface area contributed by atoms with Gasteiger partial charge in [0.1, 0.15) is 5.69 Å². The van der Waals surface area contributed by atoms with Gasteiger partial charge in [-0.3, -0.25) is 19.1 Å². The SMILES string of the molecule is O=C(CNC(=O)c1cc2n(n1)CCCN(Cc1ccccc1)C2=O)NC1CCCCC1. The molecule has 164 valence electrons. The normalized spacial score (nSPS) is 17.0. The first-order chi connectivity index (χ1) is 15.1. The number of carbonyl (C=O) groups is 3. The molecule has 2 N–H and O–H groups in total. The van der Waals surface area contributed by atoms with E-state index >= 15 is 0 Å². The average Bonchev–Trinajstić information content (AvgIpc) is 3.16. The second kappa shape index (κ2) is 9.76. The predicted molar refractivity (Wildman–Crippen MR) is 115 cm³/mol. The van der Waals surface area contributed by atoms with Crippen LogP contribution in [-0.4, -0.2) is 51.5 Å². The van der Waals surface area contributed by atoms with Crippen LogP contribution in [0.4, 0.5) is 0 Å². The van der Waals surface area contributed by atoms with Gasteiger partial charge in [-0.15, -0.1) is 0 Å². The van der Waals surface area contributed by atoms with Gasteiger partial charge in [0.25, 0.3) is 11.8 Å². The zero-order valence-corrected chi connectivity index (χ0v) is 17.7. The number of hydrogen-bond donors (Lipinski definition) is 2. The number of benzene rings is 1. The van der Waals surface area contributed by atoms with Crippen LogP contribution < -0.4 is 10.6 Å². The van der Waals surface area contributed by atoms with E-state index in [-0.39, 0.29) is 30.1 Å². The Labute approximate surface area is 182 Å². The predicted octanol–water partition coefficient (Wildman–Crippen LogP) is 2.11. The molecule has 1 fully saturated rings. The van der Waals surface area contributed by atoms with Crippen molar-refractivity contribution in [2.24, 2.45) is 0 Å². The molecular weight excluding hydrogens is 394 g/mol. The Hall–Kier alpha value is -3.16. The fourth-order valence-corrected chi connectivity index (χ4v) is 4.28. The summed E-state index contributed by atoms with van der Waals surface area (Å²) >= 11 is 0. The van der Waals surface area contributed by atoms with Crippen LogP contribution in [0.1, 0.15) is 65.1 Å². The summed E-state index contributed by atoms with van der Waals surface area (Å²) in [5.41, 5.74) is 1.63. The van der Waals surface area contributed by atoms with Crippen LogP contribution in [0.15, 0.2) is 36.4 Å². The van der Waals surface area contributed by atoms with Crippen LogP contribution in [0.5, 0.6) is 0 Å². The third-order valence-electron chi connectivity index (χ3n) is 5.91. The topological polar surface area (TPSA) is 96.3 Å². The molecule has 2 aliphatic rings. The lowest BCUT2D eigenvalue weighted by Gasteiger charge is -2.22. The summed E-state index contributed by atoms with van der Waals surface area (Å²) in [4.78, 5) is 39.5. The van der Waals surface area contributed by atoms with Crippen molar-refractivity contribution in [3.05, 3.63) is 53.3 Å². The highest BCUT2D eigenvalue weighted by Gasteiger charge is 2.26. The van der Waals surface area contributed by atoms with Gasteiger partial charge in [-0.25, -0.2) is 0 Å². The molecule has 1 aromatic heterocycles. The summed E-state index contributed by atoms with van der Waals surface area (Å²) in [7, 11) is 0. The molecule has 31 heavy (non-hydrogen) atoms. The summed E-state index contributed by atoms with van der Waals surface area (Å²) in [5.74, 6) is -0.768. The van der Waals surface area contributed by atoms with Gasteiger partial charge in [0, 0.05) is 31.7 Å². The zero-order valence-electron chi connectivity index (χ0n) is 17.7. The van der Waals surface area contributed by atoms with Crippen molar-refractivity contribution in [1.82, 2.24) is 25.3 Å². The third-order valence-corrected chi connectivity index (χ3v) is 5.91. The first-order valence-corrected chi connectivity index (χ1v) is 11.1. The Morgan fingerprint density at radius 1 is 1.03 bits per heavy atom. The molecular formula is C23H29N5O3. The molecule has 0 atom stereocenters. The van der Waals surface area contributed by atoms with Gasteiger partial charge in [0.05, 0.1) is 6.54 Å². The molecule has 1 aromatic carbocycles. The molecule has 0 bridgehead atoms. The van der Waals surface area contributed by atoms with E-state index in [1.807, 2.05) is 30.3 Å². The molecule has 1 aliphatic heterocycles. The lowest BCUT2D eigenvalue weighted by molar-refractivity contribution is -0.121. The van der Waals surface area contributed by atoms with Gasteiger partial charge in [0.2, 0.25) is 5.91 Å². The van der Waals surface area contributed by atoms with E-state index in [1.54, 1.807) is 9.58 Å². The summed E-state index contributed by atoms with van der Waals surface area (Å²) in [6.45, 7) is 1.64. The van der Waals surface area contributed by atoms with Gasteiger partial charge in [-0.2, -0.15) is 5.10 Å². The third kappa shape index (κ3) is 5.31. The highest BCUT2D eigenvalue weighted by Crippen LogP contribution is 2.18. The highest BCUT2D eigenvalue weighted by molar-refractivity contribution is 5.99. The number of rotatable bonds is 6. The molecule has 2 aromatic rings. The molecule has 0 saturated heterocycles. The molecule has 4 rings (SSSR count). The number of nitrogens with zero attached hydrogens (tertiary/aromatic N) is 3. The van der Waals surface area contributed by atoms with Gasteiger partial charge in [-0.1, -0.05) is 49.6 Å². The number of nitrogens with one attached hydrogen (secondary N) is 2. The fourth-order valence-electron chi connectivity index (χ4n) is 4.28. The second-order valence-electron chi connectivity index (χ2n) is 8.29. The van der Waals surface area contributed by atoms with Crippen LogP contribution in [0.25, 0.3) is 0 Å². The Morgan fingerprint density at radius 3 is 2.58 bits per heavy atom. The van der Waals surface area contributed by atoms with Crippen molar-refractivity contribution in [3.8, 4) is 0 Å². The Bertz CT molecular complexity index is 934. The maximum absolute atomic E-state index is 13.0. The van der Waals surface area contributed by atoms with Gasteiger partial charge in [-0.05, 0) is 24.8 Å². The largest absolute Gasteiger partial charge is 0.352 e. The van der Waals surface area contributed by atoms with Crippen molar-refractivity contribution in [2.45, 2.75) is 57.7 Å². The molecule has 0 unspecified atom stereocenters. The van der Waals surface area contributed by atoms with Crippen molar-refractivity contribution in [3.63, 3.8) is 0 Å². The second-order valence-corrected chi connectivity index (χ2v) is 8.29. The number of fused-ring (bicyclic) bond motifs is 1. The summed E-state index contributed by atoms with van der Waals surface area (Å²) in [6.07, 6.45) is 6.23. The van der Waals surface area contributed by atoms with E-state index in [1.165, 1.54) is 12.5 Å². The summed E-state index contributed by atoms with van der Waals surface area (Å²) in [5, 5.41) is 9.93. The molecule has 1 aliphatic carbocycles. The Balaban J connectivity index is 1.36. The van der Waals surface area contributed by atoms with Gasteiger partial charge >= 0.3 is 0 Å². The summed E-state index contributed by atoms with van der Waals surface area (Å²) in [6, 6.07) is 11.6. The monoisotopic (exact) mass is 423 g/mol. The van der Waals surface area contributed by atoms with E-state index in [4.69, 9.17) is 0 Å². The number of carbonyl (C=O) groups excluding carboxylic acids is 3. The van der Waals surface area contributed by atoms with Crippen LogP contribution >= 0.6 is 0 Å². The highest BCUT2D eigenvalue weighted by atomic mass is 16.2. The Morgan fingerprint density at radius 2 is 1.81 bits per heavy atom. The molecule has 3 amide bonds. The molecule has 0 radical (unpaired) electrons. The number of hydrogen-bond acceptors (Lipinski definition) is 4. The van der Waals surface area contributed by atoms with Crippen molar-refractivity contribution in [2.75, 3.05) is 13.1 Å². The van der Waals surface area contributed by atoms with Crippen LogP contribution in [0.3, 0.4) is 0 Å².